The van der Waals surface area contributed by atoms with Crippen LogP contribution in [0.4, 0.5) is 5.69 Å². The van der Waals surface area contributed by atoms with Gasteiger partial charge in [-0.3, -0.25) is 10.1 Å². The average molecular weight is 237 g/mol. The maximum Gasteiger partial charge on any atom is 0.272 e. The Morgan fingerprint density at radius 1 is 1.59 bits per heavy atom. The summed E-state index contributed by atoms with van der Waals surface area (Å²) >= 11 is 0. The van der Waals surface area contributed by atoms with Crippen molar-refractivity contribution in [3.8, 4) is 5.75 Å². The first-order valence-electron chi connectivity index (χ1n) is 5.20. The van der Waals surface area contributed by atoms with Gasteiger partial charge in [0.2, 0.25) is 0 Å². The fourth-order valence-corrected chi connectivity index (χ4v) is 1.55. The predicted octanol–water partition coefficient (Wildman–Crippen LogP) is 2.08. The lowest BCUT2D eigenvalue weighted by molar-refractivity contribution is -0.385. The minimum atomic E-state index is -0.731. The number of rotatable bonds is 5. The molecule has 5 nitrogen and oxygen atoms in total. The second-order valence-corrected chi connectivity index (χ2v) is 3.55. The van der Waals surface area contributed by atoms with E-state index in [0.29, 0.717) is 11.3 Å². The number of ether oxygens (including phenoxy) is 1. The van der Waals surface area contributed by atoms with E-state index in [1.54, 1.807) is 25.1 Å². The van der Waals surface area contributed by atoms with Gasteiger partial charge >= 0.3 is 0 Å². The second-order valence-electron chi connectivity index (χ2n) is 3.55. The molecule has 0 spiro atoms. The molecule has 0 radical (unpaired) electrons. The van der Waals surface area contributed by atoms with Crippen LogP contribution in [0.25, 0.3) is 0 Å². The first-order chi connectivity index (χ1) is 8.08. The highest BCUT2D eigenvalue weighted by atomic mass is 16.6. The number of hydrogen-bond acceptors (Lipinski definition) is 4. The lowest BCUT2D eigenvalue weighted by atomic mass is 10.1. The van der Waals surface area contributed by atoms with Crippen molar-refractivity contribution < 1.29 is 14.8 Å². The zero-order chi connectivity index (χ0) is 12.8. The molecule has 0 saturated carbocycles. The molecule has 1 aromatic carbocycles. The first kappa shape index (κ1) is 13.2. The molecule has 0 heterocycles. The van der Waals surface area contributed by atoms with E-state index in [2.05, 4.69) is 0 Å². The number of aliphatic hydroxyl groups excluding tert-OH is 1. The summed E-state index contributed by atoms with van der Waals surface area (Å²) in [6, 6.07) is 4.49. The monoisotopic (exact) mass is 237 g/mol. The number of nitrogens with zero attached hydrogens (tertiary/aromatic N) is 1. The van der Waals surface area contributed by atoms with Gasteiger partial charge in [-0.05, 0) is 19.1 Å². The molecule has 0 bridgehead atoms. The molecule has 1 N–H and O–H groups in total. The normalized spacial score (nSPS) is 12.6. The largest absolute Gasteiger partial charge is 0.497 e. The first-order valence-corrected chi connectivity index (χ1v) is 5.20. The summed E-state index contributed by atoms with van der Waals surface area (Å²) in [7, 11) is 1.49. The number of nitro benzene ring substituents is 1. The lowest BCUT2D eigenvalue weighted by Gasteiger charge is -2.08. The minimum absolute atomic E-state index is 0.00523. The van der Waals surface area contributed by atoms with Crippen LogP contribution in [0.1, 0.15) is 12.5 Å². The van der Waals surface area contributed by atoms with E-state index in [-0.39, 0.29) is 12.1 Å². The summed E-state index contributed by atoms with van der Waals surface area (Å²) in [5, 5.41) is 20.4. The summed E-state index contributed by atoms with van der Waals surface area (Å²) in [5.74, 6) is 0.540. The topological polar surface area (TPSA) is 72.6 Å². The standard InChI is InChI=1S/C12H15NO4/c1-3-4-10(14)7-9-8-11(17-2)5-6-12(9)13(15)16/h3-6,8,10,14H,7H2,1-2H3. The van der Waals surface area contributed by atoms with Crippen LogP contribution in [-0.4, -0.2) is 23.2 Å². The van der Waals surface area contributed by atoms with Crippen LogP contribution in [-0.2, 0) is 6.42 Å². The number of methoxy groups -OCH3 is 1. The molecule has 1 aromatic rings. The maximum absolute atomic E-state index is 10.8. The summed E-state index contributed by atoms with van der Waals surface area (Å²) in [6.07, 6.45) is 2.75. The van der Waals surface area contributed by atoms with Gasteiger partial charge in [0.25, 0.3) is 5.69 Å². The van der Waals surface area contributed by atoms with E-state index in [4.69, 9.17) is 4.74 Å². The number of benzene rings is 1. The molecule has 17 heavy (non-hydrogen) atoms. The van der Waals surface area contributed by atoms with E-state index >= 15 is 0 Å². The lowest BCUT2D eigenvalue weighted by Crippen LogP contribution is -2.08. The van der Waals surface area contributed by atoms with Crippen molar-refractivity contribution in [1.29, 1.82) is 0 Å². The molecule has 0 aliphatic carbocycles. The van der Waals surface area contributed by atoms with Crippen LogP contribution in [0, 0.1) is 10.1 Å². The number of allylic oxidation sites excluding steroid dienone is 1. The van der Waals surface area contributed by atoms with Gasteiger partial charge < -0.3 is 9.84 Å². The van der Waals surface area contributed by atoms with Gasteiger partial charge in [0.1, 0.15) is 5.75 Å². The highest BCUT2D eigenvalue weighted by molar-refractivity contribution is 5.45. The Balaban J connectivity index is 3.04. The van der Waals surface area contributed by atoms with Gasteiger partial charge in [-0.1, -0.05) is 12.2 Å². The smallest absolute Gasteiger partial charge is 0.272 e. The molecule has 0 aliphatic rings. The summed E-state index contributed by atoms with van der Waals surface area (Å²) < 4.78 is 5.01. The third-order valence-electron chi connectivity index (χ3n) is 2.33. The van der Waals surface area contributed by atoms with Gasteiger partial charge in [0.15, 0.2) is 0 Å². The summed E-state index contributed by atoms with van der Waals surface area (Å²) in [4.78, 5) is 10.4. The van der Waals surface area contributed by atoms with Crippen LogP contribution in [0.5, 0.6) is 5.75 Å². The van der Waals surface area contributed by atoms with Crippen LogP contribution >= 0.6 is 0 Å². The Kier molecular flexibility index (Phi) is 4.66. The Hall–Kier alpha value is -1.88. The van der Waals surface area contributed by atoms with Gasteiger partial charge in [-0.25, -0.2) is 0 Å². The van der Waals surface area contributed by atoms with Crippen molar-refractivity contribution in [1.82, 2.24) is 0 Å². The SMILES string of the molecule is CC=CC(O)Cc1cc(OC)ccc1[N+](=O)[O-]. The van der Waals surface area contributed by atoms with Crippen LogP contribution in [0.3, 0.4) is 0 Å². The molecule has 0 aromatic heterocycles. The van der Waals surface area contributed by atoms with E-state index < -0.39 is 11.0 Å². The summed E-state index contributed by atoms with van der Waals surface area (Å²) in [5.41, 5.74) is 0.453. The zero-order valence-electron chi connectivity index (χ0n) is 9.79. The van der Waals surface area contributed by atoms with Crippen molar-refractivity contribution in [2.45, 2.75) is 19.4 Å². The van der Waals surface area contributed by atoms with Crippen molar-refractivity contribution in [3.63, 3.8) is 0 Å². The Morgan fingerprint density at radius 2 is 2.29 bits per heavy atom. The van der Waals surface area contributed by atoms with Crippen LogP contribution in [0.2, 0.25) is 0 Å². The molecule has 92 valence electrons. The summed E-state index contributed by atoms with van der Waals surface area (Å²) in [6.45, 7) is 1.78. The van der Waals surface area contributed by atoms with E-state index in [0.717, 1.165) is 0 Å². The highest BCUT2D eigenvalue weighted by Crippen LogP contribution is 2.25. The number of hydrogen-bond donors (Lipinski definition) is 1. The number of nitro groups is 1. The molecule has 0 aliphatic heterocycles. The zero-order valence-corrected chi connectivity index (χ0v) is 9.79. The molecular weight excluding hydrogens is 222 g/mol. The fourth-order valence-electron chi connectivity index (χ4n) is 1.55. The predicted molar refractivity (Wildman–Crippen MR) is 64.2 cm³/mol. The Labute approximate surface area is 99.5 Å². The van der Waals surface area contributed by atoms with Crippen LogP contribution in [0.15, 0.2) is 30.4 Å². The van der Waals surface area contributed by atoms with E-state index in [1.165, 1.54) is 19.2 Å². The molecule has 5 heteroatoms. The molecule has 1 atom stereocenters. The van der Waals surface area contributed by atoms with Crippen molar-refractivity contribution >= 4 is 5.69 Å². The van der Waals surface area contributed by atoms with Crippen molar-refractivity contribution in [2.24, 2.45) is 0 Å². The molecule has 0 amide bonds. The van der Waals surface area contributed by atoms with E-state index in [9.17, 15) is 15.2 Å². The van der Waals surface area contributed by atoms with Gasteiger partial charge in [0.05, 0.1) is 18.1 Å². The highest BCUT2D eigenvalue weighted by Gasteiger charge is 2.16. The van der Waals surface area contributed by atoms with Gasteiger partial charge in [-0.2, -0.15) is 0 Å². The fraction of sp³-hybridized carbons (Fsp3) is 0.333. The van der Waals surface area contributed by atoms with Crippen molar-refractivity contribution in [3.05, 3.63) is 46.0 Å². The molecule has 0 fully saturated rings. The molecule has 0 saturated heterocycles. The Bertz CT molecular complexity index is 429. The van der Waals surface area contributed by atoms with Gasteiger partial charge in [0, 0.05) is 18.1 Å². The number of aliphatic hydroxyl groups is 1. The minimum Gasteiger partial charge on any atom is -0.497 e. The van der Waals surface area contributed by atoms with E-state index in [1.807, 2.05) is 0 Å². The molecule has 1 rings (SSSR count). The third-order valence-corrected chi connectivity index (χ3v) is 2.33. The van der Waals surface area contributed by atoms with Crippen LogP contribution < -0.4 is 4.74 Å². The Morgan fingerprint density at radius 3 is 2.82 bits per heavy atom. The van der Waals surface area contributed by atoms with Gasteiger partial charge in [-0.15, -0.1) is 0 Å². The second kappa shape index (κ2) is 6.00. The third kappa shape index (κ3) is 3.57. The molecule has 1 unspecified atom stereocenters. The average Bonchev–Trinajstić information content (AvgIpc) is 2.28. The quantitative estimate of drug-likeness (QED) is 0.483. The molecular formula is C12H15NO4. The maximum atomic E-state index is 10.8. The van der Waals surface area contributed by atoms with Crippen molar-refractivity contribution in [2.75, 3.05) is 7.11 Å².